The first-order chi connectivity index (χ1) is 8.97. The second-order valence-corrected chi connectivity index (χ2v) is 7.21. The zero-order chi connectivity index (χ0) is 14.0. The summed E-state index contributed by atoms with van der Waals surface area (Å²) in [6, 6.07) is 7.72. The van der Waals surface area contributed by atoms with Crippen LogP contribution in [0.15, 0.2) is 38.6 Å². The summed E-state index contributed by atoms with van der Waals surface area (Å²) in [5.41, 5.74) is 0.739. The van der Waals surface area contributed by atoms with Crippen molar-refractivity contribution in [2.24, 2.45) is 0 Å². The zero-order valence-corrected chi connectivity index (χ0v) is 13.9. The van der Waals surface area contributed by atoms with Crippen LogP contribution < -0.4 is 5.32 Å². The normalized spacial score (nSPS) is 12.2. The van der Waals surface area contributed by atoms with Gasteiger partial charge in [0.05, 0.1) is 14.7 Å². The Morgan fingerprint density at radius 2 is 2.11 bits per heavy atom. The topological polar surface area (TPSA) is 29.1 Å². The monoisotopic (exact) mass is 405 g/mol. The van der Waals surface area contributed by atoms with E-state index in [2.05, 4.69) is 37.2 Å². The van der Waals surface area contributed by atoms with Gasteiger partial charge in [0.25, 0.3) is 5.91 Å². The molecule has 0 spiro atoms. The summed E-state index contributed by atoms with van der Waals surface area (Å²) in [5.74, 6) is -0.478. The van der Waals surface area contributed by atoms with Crippen molar-refractivity contribution in [1.82, 2.24) is 5.32 Å². The van der Waals surface area contributed by atoms with Crippen LogP contribution >= 0.6 is 43.2 Å². The van der Waals surface area contributed by atoms with Gasteiger partial charge in [-0.2, -0.15) is 0 Å². The first kappa shape index (κ1) is 14.7. The van der Waals surface area contributed by atoms with E-state index in [0.29, 0.717) is 4.88 Å². The highest BCUT2D eigenvalue weighted by molar-refractivity contribution is 9.13. The molecule has 0 radical (unpaired) electrons. The van der Waals surface area contributed by atoms with Gasteiger partial charge in [0, 0.05) is 4.47 Å². The number of thiophene rings is 1. The van der Waals surface area contributed by atoms with E-state index in [0.717, 1.165) is 13.8 Å². The van der Waals surface area contributed by atoms with Crippen LogP contribution in [0.2, 0.25) is 0 Å². The van der Waals surface area contributed by atoms with E-state index in [9.17, 15) is 9.18 Å². The lowest BCUT2D eigenvalue weighted by atomic mass is 10.1. The standard InChI is InChI=1S/C13H10Br2FNOS/c1-7(8-3-2-4-9(16)5-8)17-13(18)11-6-10(14)12(15)19-11/h2-7H,1H3,(H,17,18). The Kier molecular flexibility index (Phi) is 4.76. The molecule has 0 fully saturated rings. The van der Waals surface area contributed by atoms with Crippen molar-refractivity contribution >= 4 is 49.1 Å². The predicted octanol–water partition coefficient (Wildman–Crippen LogP) is 4.90. The van der Waals surface area contributed by atoms with Gasteiger partial charge in [0.2, 0.25) is 0 Å². The third-order valence-corrected chi connectivity index (χ3v) is 5.82. The molecule has 6 heteroatoms. The number of hydrogen-bond donors (Lipinski definition) is 1. The minimum atomic E-state index is -0.305. The van der Waals surface area contributed by atoms with Crippen LogP contribution in [-0.4, -0.2) is 5.91 Å². The van der Waals surface area contributed by atoms with Crippen molar-refractivity contribution in [2.45, 2.75) is 13.0 Å². The van der Waals surface area contributed by atoms with E-state index in [1.54, 1.807) is 18.2 Å². The number of nitrogens with one attached hydrogen (secondary N) is 1. The Morgan fingerprint density at radius 1 is 1.37 bits per heavy atom. The Hall–Kier alpha value is -0.720. The summed E-state index contributed by atoms with van der Waals surface area (Å²) in [6.07, 6.45) is 0. The Balaban J connectivity index is 2.10. The van der Waals surface area contributed by atoms with Crippen molar-refractivity contribution in [3.8, 4) is 0 Å². The lowest BCUT2D eigenvalue weighted by Gasteiger charge is -2.13. The molecule has 2 aromatic rings. The summed E-state index contributed by atoms with van der Waals surface area (Å²) in [5, 5.41) is 2.84. The van der Waals surface area contributed by atoms with Gasteiger partial charge in [-0.3, -0.25) is 4.79 Å². The van der Waals surface area contributed by atoms with Crippen molar-refractivity contribution in [3.63, 3.8) is 0 Å². The minimum absolute atomic E-state index is 0.173. The number of amides is 1. The van der Waals surface area contributed by atoms with Gasteiger partial charge in [-0.1, -0.05) is 12.1 Å². The van der Waals surface area contributed by atoms with Gasteiger partial charge in [0.15, 0.2) is 0 Å². The SMILES string of the molecule is CC(NC(=O)c1cc(Br)c(Br)s1)c1cccc(F)c1. The molecule has 2 nitrogen and oxygen atoms in total. The lowest BCUT2D eigenvalue weighted by Crippen LogP contribution is -2.25. The van der Waals surface area contributed by atoms with Crippen LogP contribution in [0, 0.1) is 5.82 Å². The highest BCUT2D eigenvalue weighted by Gasteiger charge is 2.15. The summed E-state index contributed by atoms with van der Waals surface area (Å²) < 4.78 is 14.8. The molecule has 0 bridgehead atoms. The average molecular weight is 407 g/mol. The molecule has 1 heterocycles. The fourth-order valence-electron chi connectivity index (χ4n) is 1.59. The van der Waals surface area contributed by atoms with Crippen LogP contribution in [0.25, 0.3) is 0 Å². The lowest BCUT2D eigenvalue weighted by molar-refractivity contribution is 0.0944. The molecule has 1 aromatic heterocycles. The van der Waals surface area contributed by atoms with E-state index in [1.807, 2.05) is 6.92 Å². The van der Waals surface area contributed by atoms with E-state index < -0.39 is 0 Å². The minimum Gasteiger partial charge on any atom is -0.345 e. The summed E-state index contributed by atoms with van der Waals surface area (Å²) in [7, 11) is 0. The Labute approximate surface area is 131 Å². The van der Waals surface area contributed by atoms with Crippen LogP contribution in [0.3, 0.4) is 0 Å². The van der Waals surface area contributed by atoms with E-state index in [1.165, 1.54) is 23.5 Å². The van der Waals surface area contributed by atoms with Gasteiger partial charge < -0.3 is 5.32 Å². The molecule has 0 saturated carbocycles. The first-order valence-corrected chi connectivity index (χ1v) is 7.89. The smallest absolute Gasteiger partial charge is 0.261 e. The molecule has 2 rings (SSSR count). The molecule has 1 N–H and O–H groups in total. The molecule has 1 aromatic carbocycles. The zero-order valence-electron chi connectivity index (χ0n) is 9.91. The number of benzene rings is 1. The van der Waals surface area contributed by atoms with Crippen LogP contribution in [0.1, 0.15) is 28.2 Å². The van der Waals surface area contributed by atoms with Crippen LogP contribution in [0.5, 0.6) is 0 Å². The maximum Gasteiger partial charge on any atom is 0.261 e. The Bertz CT molecular complexity index is 595. The summed E-state index contributed by atoms with van der Waals surface area (Å²) in [6.45, 7) is 1.82. The van der Waals surface area contributed by atoms with Crippen molar-refractivity contribution < 1.29 is 9.18 Å². The van der Waals surface area contributed by atoms with Gasteiger partial charge in [-0.15, -0.1) is 11.3 Å². The van der Waals surface area contributed by atoms with Gasteiger partial charge >= 0.3 is 0 Å². The molecule has 1 atom stereocenters. The van der Waals surface area contributed by atoms with E-state index >= 15 is 0 Å². The fourth-order valence-corrected chi connectivity index (χ4v) is 3.52. The van der Waals surface area contributed by atoms with E-state index in [4.69, 9.17) is 0 Å². The number of carbonyl (C=O) groups is 1. The third kappa shape index (κ3) is 3.64. The molecular formula is C13H10Br2FNOS. The number of carbonyl (C=O) groups excluding carboxylic acids is 1. The molecule has 0 aliphatic rings. The quantitative estimate of drug-likeness (QED) is 0.771. The van der Waals surface area contributed by atoms with Crippen molar-refractivity contribution in [3.05, 3.63) is 54.8 Å². The molecule has 19 heavy (non-hydrogen) atoms. The Morgan fingerprint density at radius 3 is 2.68 bits per heavy atom. The van der Waals surface area contributed by atoms with Gasteiger partial charge in [0.1, 0.15) is 5.82 Å². The molecule has 1 amide bonds. The summed E-state index contributed by atoms with van der Waals surface area (Å²) in [4.78, 5) is 12.6. The molecule has 0 aliphatic carbocycles. The third-order valence-electron chi connectivity index (χ3n) is 2.57. The molecule has 100 valence electrons. The molecule has 0 aliphatic heterocycles. The van der Waals surface area contributed by atoms with Gasteiger partial charge in [-0.25, -0.2) is 4.39 Å². The second-order valence-electron chi connectivity index (χ2n) is 3.98. The fraction of sp³-hybridized carbons (Fsp3) is 0.154. The van der Waals surface area contributed by atoms with Crippen molar-refractivity contribution in [1.29, 1.82) is 0 Å². The largest absolute Gasteiger partial charge is 0.345 e. The first-order valence-electron chi connectivity index (χ1n) is 5.48. The van der Waals surface area contributed by atoms with E-state index in [-0.39, 0.29) is 17.8 Å². The van der Waals surface area contributed by atoms with Crippen molar-refractivity contribution in [2.75, 3.05) is 0 Å². The summed E-state index contributed by atoms with van der Waals surface area (Å²) >= 11 is 8.03. The highest BCUT2D eigenvalue weighted by Crippen LogP contribution is 2.32. The average Bonchev–Trinajstić information content (AvgIpc) is 2.69. The van der Waals surface area contributed by atoms with Gasteiger partial charge in [-0.05, 0) is 62.5 Å². The van der Waals surface area contributed by atoms with Crippen LogP contribution in [0.4, 0.5) is 4.39 Å². The predicted molar refractivity (Wildman–Crippen MR) is 82.0 cm³/mol. The number of halogens is 3. The van der Waals surface area contributed by atoms with Crippen LogP contribution in [-0.2, 0) is 0 Å². The molecule has 1 unspecified atom stereocenters. The maximum atomic E-state index is 13.1. The highest BCUT2D eigenvalue weighted by atomic mass is 79.9. The second kappa shape index (κ2) is 6.15. The maximum absolute atomic E-state index is 13.1. The molecule has 0 saturated heterocycles. The molecular weight excluding hydrogens is 397 g/mol. The number of rotatable bonds is 3. The number of hydrogen-bond acceptors (Lipinski definition) is 2.